The van der Waals surface area contributed by atoms with E-state index in [1.807, 2.05) is 39.8 Å². The molecule has 0 spiro atoms. The predicted molar refractivity (Wildman–Crippen MR) is 130 cm³/mol. The van der Waals surface area contributed by atoms with Crippen molar-refractivity contribution in [3.63, 3.8) is 0 Å². The number of hydrogen-bond acceptors (Lipinski definition) is 6. The molecule has 1 heterocycles. The van der Waals surface area contributed by atoms with Crippen molar-refractivity contribution in [1.82, 2.24) is 9.97 Å². The largest absolute Gasteiger partial charge is 0.473 e. The van der Waals surface area contributed by atoms with E-state index in [9.17, 15) is 9.59 Å². The summed E-state index contributed by atoms with van der Waals surface area (Å²) >= 11 is 0. The summed E-state index contributed by atoms with van der Waals surface area (Å²) in [6.45, 7) is 8.20. The fourth-order valence-electron chi connectivity index (χ4n) is 4.32. The van der Waals surface area contributed by atoms with E-state index in [1.165, 1.54) is 0 Å². The van der Waals surface area contributed by atoms with Crippen molar-refractivity contribution in [1.29, 1.82) is 0 Å². The maximum atomic E-state index is 12.7. The topological polar surface area (TPSA) is 95.2 Å². The first kappa shape index (κ1) is 24.9. The number of anilines is 1. The van der Waals surface area contributed by atoms with Gasteiger partial charge >= 0.3 is 0 Å². The number of carbonyl (C=O) groups excluding carboxylic acids is 2. The summed E-state index contributed by atoms with van der Waals surface area (Å²) in [6.07, 6.45) is 5.81. The molecule has 0 radical (unpaired) electrons. The summed E-state index contributed by atoms with van der Waals surface area (Å²) in [5.41, 5.74) is 8.34. The van der Waals surface area contributed by atoms with E-state index >= 15 is 0 Å². The first-order valence-electron chi connectivity index (χ1n) is 12.0. The minimum Gasteiger partial charge on any atom is -0.473 e. The quantitative estimate of drug-likeness (QED) is 0.559. The van der Waals surface area contributed by atoms with Gasteiger partial charge in [0, 0.05) is 35.9 Å². The lowest BCUT2D eigenvalue weighted by molar-refractivity contribution is -0.127. The van der Waals surface area contributed by atoms with Crippen LogP contribution < -0.4 is 10.5 Å². The number of rotatable bonds is 9. The Morgan fingerprint density at radius 1 is 1.03 bits per heavy atom. The number of carbonyl (C=O) groups is 2. The highest BCUT2D eigenvalue weighted by molar-refractivity contribution is 5.84. The van der Waals surface area contributed by atoms with Crippen LogP contribution in [-0.2, 0) is 22.6 Å². The fraction of sp³-hybridized carbons (Fsp3) is 0.556. The first-order chi connectivity index (χ1) is 15.6. The first-order valence-corrected chi connectivity index (χ1v) is 12.0. The van der Waals surface area contributed by atoms with Crippen LogP contribution in [-0.4, -0.2) is 21.5 Å². The number of hydrogen-bond donors (Lipinski definition) is 1. The van der Waals surface area contributed by atoms with Crippen molar-refractivity contribution in [3.05, 3.63) is 47.2 Å². The van der Waals surface area contributed by atoms with Gasteiger partial charge in [-0.2, -0.15) is 4.98 Å². The molecule has 1 aromatic carbocycles. The van der Waals surface area contributed by atoms with E-state index in [2.05, 4.69) is 22.1 Å². The number of nitrogens with two attached hydrogens (primary N) is 1. The zero-order valence-electron chi connectivity index (χ0n) is 20.4. The highest BCUT2D eigenvalue weighted by Gasteiger charge is 2.30. The Hall–Kier alpha value is -2.76. The van der Waals surface area contributed by atoms with Crippen LogP contribution in [0.15, 0.2) is 30.3 Å². The number of ether oxygens (including phenoxy) is 1. The van der Waals surface area contributed by atoms with Gasteiger partial charge in [0.05, 0.1) is 0 Å². The molecule has 0 atom stereocenters. The smallest absolute Gasteiger partial charge is 0.223 e. The second kappa shape index (κ2) is 10.9. The van der Waals surface area contributed by atoms with Crippen LogP contribution in [0.1, 0.15) is 76.1 Å². The molecule has 2 N–H and O–H groups in total. The molecule has 0 aliphatic heterocycles. The lowest BCUT2D eigenvalue weighted by Gasteiger charge is -2.29. The molecule has 1 aliphatic rings. The summed E-state index contributed by atoms with van der Waals surface area (Å²) in [5.74, 6) is 1.96. The summed E-state index contributed by atoms with van der Waals surface area (Å²) in [5, 5.41) is 0. The fourth-order valence-corrected chi connectivity index (χ4v) is 4.32. The van der Waals surface area contributed by atoms with Crippen molar-refractivity contribution in [3.8, 4) is 5.88 Å². The number of nitrogens with zero attached hydrogens (tertiary/aromatic N) is 2. The molecular weight excluding hydrogens is 414 g/mol. The maximum absolute atomic E-state index is 12.7. The lowest BCUT2D eigenvalue weighted by atomic mass is 9.75. The van der Waals surface area contributed by atoms with Crippen LogP contribution in [0.5, 0.6) is 5.88 Å². The Kier molecular flexibility index (Phi) is 8.22. The molecule has 0 saturated heterocycles. The van der Waals surface area contributed by atoms with E-state index in [4.69, 9.17) is 10.5 Å². The van der Waals surface area contributed by atoms with Crippen molar-refractivity contribution >= 4 is 17.5 Å². The molecule has 3 rings (SSSR count). The predicted octanol–water partition coefficient (Wildman–Crippen LogP) is 5.26. The third kappa shape index (κ3) is 7.65. The Bertz CT molecular complexity index is 935. The van der Waals surface area contributed by atoms with Gasteiger partial charge in [-0.3, -0.25) is 9.59 Å². The molecule has 2 aromatic rings. The van der Waals surface area contributed by atoms with Gasteiger partial charge in [-0.1, -0.05) is 45.0 Å². The van der Waals surface area contributed by atoms with E-state index in [0.29, 0.717) is 42.8 Å². The van der Waals surface area contributed by atoms with Crippen LogP contribution in [0.2, 0.25) is 0 Å². The summed E-state index contributed by atoms with van der Waals surface area (Å²) in [4.78, 5) is 33.1. The normalized spacial score (nSPS) is 18.7. The molecule has 6 nitrogen and oxygen atoms in total. The van der Waals surface area contributed by atoms with Gasteiger partial charge in [0.25, 0.3) is 0 Å². The van der Waals surface area contributed by atoms with Gasteiger partial charge < -0.3 is 10.5 Å². The number of nitrogen functional groups attached to an aromatic ring is 1. The molecule has 0 amide bonds. The third-order valence-electron chi connectivity index (χ3n) is 6.53. The van der Waals surface area contributed by atoms with Crippen LogP contribution in [0, 0.1) is 24.2 Å². The molecule has 1 fully saturated rings. The number of aryl methyl sites for hydroxylation is 2. The Balaban J connectivity index is 1.40. The highest BCUT2D eigenvalue weighted by Crippen LogP contribution is 2.34. The second-order valence-electron chi connectivity index (χ2n) is 10.4. The van der Waals surface area contributed by atoms with E-state index in [0.717, 1.165) is 48.9 Å². The minimum absolute atomic E-state index is 0.155. The SMILES string of the molecule is Cc1cc(OCc2ccc(CCC(=O)C3CCC(CC(=O)C(C)(C)C)CC3)cc2)nc(N)n1. The van der Waals surface area contributed by atoms with Crippen LogP contribution in [0.25, 0.3) is 0 Å². The molecule has 6 heteroatoms. The lowest BCUT2D eigenvalue weighted by Crippen LogP contribution is -2.27. The van der Waals surface area contributed by atoms with Gasteiger partial charge in [-0.15, -0.1) is 0 Å². The Labute approximate surface area is 197 Å². The minimum atomic E-state index is -0.267. The van der Waals surface area contributed by atoms with Crippen molar-refractivity contribution < 1.29 is 14.3 Å². The second-order valence-corrected chi connectivity index (χ2v) is 10.4. The van der Waals surface area contributed by atoms with Gasteiger partial charge in [0.1, 0.15) is 18.2 Å². The van der Waals surface area contributed by atoms with E-state index in [-0.39, 0.29) is 17.3 Å². The highest BCUT2D eigenvalue weighted by atomic mass is 16.5. The van der Waals surface area contributed by atoms with Gasteiger partial charge in [0.15, 0.2) is 0 Å². The molecule has 33 heavy (non-hydrogen) atoms. The molecule has 1 saturated carbocycles. The van der Waals surface area contributed by atoms with Crippen molar-refractivity contribution in [2.24, 2.45) is 17.3 Å². The average molecular weight is 452 g/mol. The zero-order valence-corrected chi connectivity index (χ0v) is 20.4. The third-order valence-corrected chi connectivity index (χ3v) is 6.53. The standard InChI is InChI=1S/C27H37N3O3/c1-18-15-25(30-26(28)29-18)33-17-21-7-5-19(6-8-21)11-14-23(31)22-12-9-20(10-13-22)16-24(32)27(2,3)4/h5-8,15,20,22H,9-14,16-17H2,1-4H3,(H2,28,29,30). The van der Waals surface area contributed by atoms with E-state index in [1.54, 1.807) is 6.07 Å². The molecular formula is C27H37N3O3. The molecule has 178 valence electrons. The van der Waals surface area contributed by atoms with Crippen LogP contribution >= 0.6 is 0 Å². The van der Waals surface area contributed by atoms with E-state index < -0.39 is 0 Å². The molecule has 0 bridgehead atoms. The number of ketones is 2. The van der Waals surface area contributed by atoms with Crippen LogP contribution in [0.3, 0.4) is 0 Å². The molecule has 0 unspecified atom stereocenters. The Morgan fingerprint density at radius 2 is 1.67 bits per heavy atom. The number of Topliss-reactive ketones (excluding diaryl/α,β-unsaturated/α-hetero) is 2. The molecule has 1 aliphatic carbocycles. The monoisotopic (exact) mass is 451 g/mol. The maximum Gasteiger partial charge on any atom is 0.223 e. The van der Waals surface area contributed by atoms with Crippen molar-refractivity contribution in [2.75, 3.05) is 5.73 Å². The van der Waals surface area contributed by atoms with Gasteiger partial charge in [-0.05, 0) is 56.1 Å². The van der Waals surface area contributed by atoms with Crippen molar-refractivity contribution in [2.45, 2.75) is 79.2 Å². The molecule has 1 aromatic heterocycles. The summed E-state index contributed by atoms with van der Waals surface area (Å²) < 4.78 is 5.72. The van der Waals surface area contributed by atoms with Gasteiger partial charge in [-0.25, -0.2) is 4.98 Å². The van der Waals surface area contributed by atoms with Gasteiger partial charge in [0.2, 0.25) is 11.8 Å². The Morgan fingerprint density at radius 3 is 2.27 bits per heavy atom. The van der Waals surface area contributed by atoms with Crippen LogP contribution in [0.4, 0.5) is 5.95 Å². The summed E-state index contributed by atoms with van der Waals surface area (Å²) in [6, 6.07) is 9.91. The average Bonchev–Trinajstić information content (AvgIpc) is 2.76. The number of aromatic nitrogens is 2. The summed E-state index contributed by atoms with van der Waals surface area (Å²) in [7, 11) is 0. The number of benzene rings is 1. The zero-order chi connectivity index (χ0) is 24.0.